The Morgan fingerprint density at radius 3 is 2.45 bits per heavy atom. The molecule has 0 atom stereocenters. The third-order valence-electron chi connectivity index (χ3n) is 2.28. The van der Waals surface area contributed by atoms with Gasteiger partial charge in [-0.25, -0.2) is 4.79 Å². The molecule has 7 heteroatoms. The molecule has 20 heavy (non-hydrogen) atoms. The van der Waals surface area contributed by atoms with Gasteiger partial charge in [-0.15, -0.1) is 0 Å². The number of aryl methyl sites for hydroxylation is 1. The van der Waals surface area contributed by atoms with Crippen LogP contribution in [0.25, 0.3) is 0 Å². The summed E-state index contributed by atoms with van der Waals surface area (Å²) >= 11 is 5.57. The number of carbonyl (C=O) groups excluding carboxylic acids is 1. The summed E-state index contributed by atoms with van der Waals surface area (Å²) in [5.41, 5.74) is -0.701. The van der Waals surface area contributed by atoms with E-state index in [1.165, 1.54) is 6.92 Å². The van der Waals surface area contributed by atoms with E-state index < -0.39 is 22.7 Å². The first-order valence-corrected chi connectivity index (χ1v) is 6.18. The molecule has 112 valence electrons. The molecule has 0 N–H and O–H groups in total. The smallest absolute Gasteiger partial charge is 0.417 e. The zero-order chi connectivity index (χ0) is 15.5. The molecule has 0 amide bonds. The summed E-state index contributed by atoms with van der Waals surface area (Å²) in [4.78, 5) is 11.3. The van der Waals surface area contributed by atoms with Crippen LogP contribution in [0.1, 0.15) is 25.0 Å². The van der Waals surface area contributed by atoms with Gasteiger partial charge in [0.15, 0.2) is 6.61 Å². The number of ether oxygens (including phenoxy) is 2. The first-order valence-electron chi connectivity index (χ1n) is 5.81. The number of hydrogen-bond donors (Lipinski definition) is 0. The molecule has 0 bridgehead atoms. The van der Waals surface area contributed by atoms with Gasteiger partial charge in [0.1, 0.15) is 5.75 Å². The summed E-state index contributed by atoms with van der Waals surface area (Å²) in [6.45, 7) is 4.41. The molecule has 1 rings (SSSR count). The third kappa shape index (κ3) is 4.59. The fourth-order valence-electron chi connectivity index (χ4n) is 1.47. The van der Waals surface area contributed by atoms with Crippen LogP contribution in [0.3, 0.4) is 0 Å². The number of halogens is 4. The Kier molecular flexibility index (Phi) is 5.28. The van der Waals surface area contributed by atoms with E-state index in [1.54, 1.807) is 13.8 Å². The molecule has 0 unspecified atom stereocenters. The Morgan fingerprint density at radius 2 is 1.95 bits per heavy atom. The van der Waals surface area contributed by atoms with Crippen LogP contribution in [0, 0.1) is 6.92 Å². The maximum absolute atomic E-state index is 12.6. The molecule has 0 fully saturated rings. The molecule has 0 spiro atoms. The molecule has 0 saturated carbocycles. The minimum Gasteiger partial charge on any atom is -0.482 e. The molecule has 1 aromatic carbocycles. The highest BCUT2D eigenvalue weighted by Gasteiger charge is 2.33. The van der Waals surface area contributed by atoms with Crippen molar-refractivity contribution in [1.29, 1.82) is 0 Å². The predicted molar refractivity (Wildman–Crippen MR) is 67.9 cm³/mol. The molecular weight excluding hydrogens is 297 g/mol. The van der Waals surface area contributed by atoms with Crippen LogP contribution in [0.4, 0.5) is 13.2 Å². The van der Waals surface area contributed by atoms with Crippen LogP contribution in [0.2, 0.25) is 5.02 Å². The van der Waals surface area contributed by atoms with E-state index in [4.69, 9.17) is 21.1 Å². The zero-order valence-corrected chi connectivity index (χ0v) is 11.9. The number of esters is 1. The van der Waals surface area contributed by atoms with Crippen LogP contribution in [-0.4, -0.2) is 18.7 Å². The van der Waals surface area contributed by atoms with Crippen LogP contribution < -0.4 is 4.74 Å². The number of hydrogen-bond acceptors (Lipinski definition) is 3. The highest BCUT2D eigenvalue weighted by atomic mass is 35.5. The number of rotatable bonds is 4. The molecule has 0 aliphatic carbocycles. The SMILES string of the molecule is Cc1cc(C(F)(F)F)c(Cl)cc1OCC(=O)OC(C)C. The van der Waals surface area contributed by atoms with E-state index in [9.17, 15) is 18.0 Å². The van der Waals surface area contributed by atoms with Crippen molar-refractivity contribution in [2.45, 2.75) is 33.1 Å². The van der Waals surface area contributed by atoms with Gasteiger partial charge in [0.05, 0.1) is 16.7 Å². The van der Waals surface area contributed by atoms with Gasteiger partial charge in [0.2, 0.25) is 0 Å². The van der Waals surface area contributed by atoms with Gasteiger partial charge < -0.3 is 9.47 Å². The lowest BCUT2D eigenvalue weighted by atomic mass is 10.1. The van der Waals surface area contributed by atoms with E-state index in [-0.39, 0.29) is 24.0 Å². The Morgan fingerprint density at radius 1 is 1.35 bits per heavy atom. The van der Waals surface area contributed by atoms with Crippen molar-refractivity contribution in [3.05, 3.63) is 28.3 Å². The lowest BCUT2D eigenvalue weighted by Gasteiger charge is -2.14. The second-order valence-electron chi connectivity index (χ2n) is 4.42. The van der Waals surface area contributed by atoms with E-state index in [1.807, 2.05) is 0 Å². The van der Waals surface area contributed by atoms with Crippen molar-refractivity contribution in [3.63, 3.8) is 0 Å². The summed E-state index contributed by atoms with van der Waals surface area (Å²) in [5.74, 6) is -0.487. The van der Waals surface area contributed by atoms with Crippen molar-refractivity contribution >= 4 is 17.6 Å². The molecular formula is C13H14ClF3O3. The van der Waals surface area contributed by atoms with Gasteiger partial charge in [-0.3, -0.25) is 0 Å². The second kappa shape index (κ2) is 6.35. The van der Waals surface area contributed by atoms with Crippen molar-refractivity contribution in [2.75, 3.05) is 6.61 Å². The molecule has 1 aromatic rings. The highest BCUT2D eigenvalue weighted by Crippen LogP contribution is 2.38. The molecule has 0 aliphatic rings. The fourth-order valence-corrected chi connectivity index (χ4v) is 1.73. The molecule has 0 aromatic heterocycles. The summed E-state index contributed by atoms with van der Waals surface area (Å²) in [6, 6.07) is 1.92. The van der Waals surface area contributed by atoms with Gasteiger partial charge in [0, 0.05) is 0 Å². The van der Waals surface area contributed by atoms with Crippen molar-refractivity contribution in [3.8, 4) is 5.75 Å². The largest absolute Gasteiger partial charge is 0.482 e. The molecule has 0 aliphatic heterocycles. The summed E-state index contributed by atoms with van der Waals surface area (Å²) < 4.78 is 47.8. The van der Waals surface area contributed by atoms with E-state index >= 15 is 0 Å². The first-order chi connectivity index (χ1) is 9.11. The minimum absolute atomic E-state index is 0.115. The molecule has 3 nitrogen and oxygen atoms in total. The molecule has 0 heterocycles. The predicted octanol–water partition coefficient (Wildman–Crippen LogP) is 4.00. The van der Waals surface area contributed by atoms with Gasteiger partial charge in [-0.2, -0.15) is 13.2 Å². The van der Waals surface area contributed by atoms with E-state index in [0.717, 1.165) is 12.1 Å². The fraction of sp³-hybridized carbons (Fsp3) is 0.462. The Balaban J connectivity index is 2.83. The van der Waals surface area contributed by atoms with Gasteiger partial charge in [0.25, 0.3) is 0 Å². The van der Waals surface area contributed by atoms with E-state index in [2.05, 4.69) is 0 Å². The number of carbonyl (C=O) groups is 1. The quantitative estimate of drug-likeness (QED) is 0.789. The maximum atomic E-state index is 12.6. The lowest BCUT2D eigenvalue weighted by molar-refractivity contribution is -0.149. The number of benzene rings is 1. The highest BCUT2D eigenvalue weighted by molar-refractivity contribution is 6.31. The molecule has 0 saturated heterocycles. The van der Waals surface area contributed by atoms with Crippen LogP contribution >= 0.6 is 11.6 Å². The average Bonchev–Trinajstić information content (AvgIpc) is 2.27. The zero-order valence-electron chi connectivity index (χ0n) is 11.2. The topological polar surface area (TPSA) is 35.5 Å². The summed E-state index contributed by atoms with van der Waals surface area (Å²) in [7, 11) is 0. The van der Waals surface area contributed by atoms with Crippen LogP contribution in [0.15, 0.2) is 12.1 Å². The van der Waals surface area contributed by atoms with Gasteiger partial charge >= 0.3 is 12.1 Å². The van der Waals surface area contributed by atoms with Crippen LogP contribution in [-0.2, 0) is 15.7 Å². The van der Waals surface area contributed by atoms with Crippen LogP contribution in [0.5, 0.6) is 5.75 Å². The second-order valence-corrected chi connectivity index (χ2v) is 4.83. The first kappa shape index (κ1) is 16.6. The third-order valence-corrected chi connectivity index (χ3v) is 2.60. The Labute approximate surface area is 119 Å². The normalized spacial score (nSPS) is 11.6. The van der Waals surface area contributed by atoms with Gasteiger partial charge in [-0.05, 0) is 38.5 Å². The van der Waals surface area contributed by atoms with Crippen molar-refractivity contribution in [2.24, 2.45) is 0 Å². The summed E-state index contributed by atoms with van der Waals surface area (Å²) in [6.07, 6.45) is -4.82. The standard InChI is InChI=1S/C13H14ClF3O3/c1-7(2)20-12(18)6-19-11-5-10(14)9(4-8(11)3)13(15,16)17/h4-5,7H,6H2,1-3H3. The van der Waals surface area contributed by atoms with Crippen molar-refractivity contribution < 1.29 is 27.4 Å². The minimum atomic E-state index is -4.53. The lowest BCUT2D eigenvalue weighted by Crippen LogP contribution is -2.19. The van der Waals surface area contributed by atoms with Crippen molar-refractivity contribution in [1.82, 2.24) is 0 Å². The number of alkyl halides is 3. The van der Waals surface area contributed by atoms with E-state index in [0.29, 0.717) is 0 Å². The Hall–Kier alpha value is -1.43. The summed E-state index contributed by atoms with van der Waals surface area (Å²) in [5, 5.41) is -0.477. The average molecular weight is 311 g/mol. The monoisotopic (exact) mass is 310 g/mol. The molecule has 0 radical (unpaired) electrons. The Bertz CT molecular complexity index is 498. The maximum Gasteiger partial charge on any atom is 0.417 e. The van der Waals surface area contributed by atoms with Gasteiger partial charge in [-0.1, -0.05) is 11.6 Å².